The van der Waals surface area contributed by atoms with Crippen molar-refractivity contribution in [1.82, 2.24) is 0 Å². The number of hydrogen-bond acceptors (Lipinski definition) is 4. The molecule has 0 spiro atoms. The summed E-state index contributed by atoms with van der Waals surface area (Å²) in [6.07, 6.45) is 4.96. The van der Waals surface area contributed by atoms with Crippen LogP contribution in [0, 0.1) is 11.8 Å². The molecule has 0 radical (unpaired) electrons. The summed E-state index contributed by atoms with van der Waals surface area (Å²) in [4.78, 5) is 12.2. The van der Waals surface area contributed by atoms with Crippen molar-refractivity contribution in [2.45, 2.75) is 51.2 Å². The molecule has 1 fully saturated rings. The topological polar surface area (TPSA) is 61.5 Å². The Morgan fingerprint density at radius 3 is 2.17 bits per heavy atom. The number of rotatable bonds is 7. The van der Waals surface area contributed by atoms with E-state index >= 15 is 0 Å². The molecule has 156 valence electrons. The number of carbonyl (C=O) groups excluding carboxylic acids is 1. The summed E-state index contributed by atoms with van der Waals surface area (Å²) in [5.74, 6) is 0.239. The highest BCUT2D eigenvalue weighted by Gasteiger charge is 2.32. The van der Waals surface area contributed by atoms with Gasteiger partial charge in [-0.2, -0.15) is 0 Å². The van der Waals surface area contributed by atoms with E-state index in [1.807, 2.05) is 13.0 Å². The second kappa shape index (κ2) is 11.1. The van der Waals surface area contributed by atoms with Crippen LogP contribution in [-0.4, -0.2) is 31.3 Å². The maximum Gasteiger partial charge on any atom is 0.325 e. The lowest BCUT2D eigenvalue weighted by Gasteiger charge is -2.31. The molecule has 0 unspecified atom stereocenters. The monoisotopic (exact) mass is 395 g/mol. The SMILES string of the molecule is C[C@@H]1OC(=O)[C@@H](N)COC[C@H](CCCc2ccccc2)[C@H]1CCc1ccccc1. The molecule has 0 aromatic heterocycles. The van der Waals surface area contributed by atoms with Gasteiger partial charge in [0.25, 0.3) is 0 Å². The highest BCUT2D eigenvalue weighted by atomic mass is 16.5. The maximum atomic E-state index is 12.2. The summed E-state index contributed by atoms with van der Waals surface area (Å²) >= 11 is 0. The van der Waals surface area contributed by atoms with Crippen LogP contribution in [0.5, 0.6) is 0 Å². The Morgan fingerprint density at radius 1 is 0.897 bits per heavy atom. The van der Waals surface area contributed by atoms with E-state index < -0.39 is 6.04 Å². The fourth-order valence-corrected chi connectivity index (χ4v) is 4.24. The lowest BCUT2D eigenvalue weighted by Crippen LogP contribution is -2.38. The zero-order valence-electron chi connectivity index (χ0n) is 17.3. The van der Waals surface area contributed by atoms with E-state index in [2.05, 4.69) is 54.6 Å². The van der Waals surface area contributed by atoms with Gasteiger partial charge in [-0.1, -0.05) is 60.7 Å². The van der Waals surface area contributed by atoms with E-state index in [-0.39, 0.29) is 24.6 Å². The minimum absolute atomic E-state index is 0.166. The molecule has 4 heteroatoms. The first kappa shape index (κ1) is 21.5. The van der Waals surface area contributed by atoms with Crippen molar-refractivity contribution in [1.29, 1.82) is 0 Å². The molecule has 29 heavy (non-hydrogen) atoms. The maximum absolute atomic E-state index is 12.2. The third-order valence-corrected chi connectivity index (χ3v) is 5.93. The standard InChI is InChI=1S/C25H33NO3/c1-19-23(16-15-21-11-6-3-7-12-21)22(17-28-18-24(26)25(27)29-19)14-8-13-20-9-4-2-5-10-20/h2-7,9-12,19,22-24H,8,13-18,26H2,1H3/t19-,22-,23-,24-/m0/s1. The molecule has 1 saturated heterocycles. The predicted molar refractivity (Wildman–Crippen MR) is 115 cm³/mol. The summed E-state index contributed by atoms with van der Waals surface area (Å²) < 4.78 is 11.6. The van der Waals surface area contributed by atoms with Gasteiger partial charge in [-0.15, -0.1) is 0 Å². The van der Waals surface area contributed by atoms with Gasteiger partial charge in [-0.25, -0.2) is 0 Å². The molecule has 1 aliphatic rings. The minimum Gasteiger partial charge on any atom is -0.461 e. The zero-order valence-corrected chi connectivity index (χ0v) is 17.3. The molecule has 2 N–H and O–H groups in total. The normalized spacial score (nSPS) is 25.5. The lowest BCUT2D eigenvalue weighted by molar-refractivity contribution is -0.153. The number of carbonyl (C=O) groups is 1. The third kappa shape index (κ3) is 6.69. The van der Waals surface area contributed by atoms with Gasteiger partial charge in [-0.05, 0) is 56.1 Å². The molecule has 2 aromatic rings. The van der Waals surface area contributed by atoms with Gasteiger partial charge in [0, 0.05) is 12.5 Å². The Bertz CT molecular complexity index is 734. The molecule has 0 aliphatic carbocycles. The fraction of sp³-hybridized carbons (Fsp3) is 0.480. The molecule has 0 saturated carbocycles. The average Bonchev–Trinajstić information content (AvgIpc) is 2.78. The first-order valence-corrected chi connectivity index (χ1v) is 10.7. The third-order valence-electron chi connectivity index (χ3n) is 5.93. The lowest BCUT2D eigenvalue weighted by atomic mass is 9.80. The molecule has 4 atom stereocenters. The molecule has 4 nitrogen and oxygen atoms in total. The van der Waals surface area contributed by atoms with Crippen LogP contribution in [0.1, 0.15) is 37.3 Å². The summed E-state index contributed by atoms with van der Waals surface area (Å²) in [5, 5.41) is 0. The molecule has 1 aliphatic heterocycles. The molecular weight excluding hydrogens is 362 g/mol. The van der Waals surface area contributed by atoms with E-state index in [0.717, 1.165) is 32.1 Å². The van der Waals surface area contributed by atoms with Crippen molar-refractivity contribution < 1.29 is 14.3 Å². The highest BCUT2D eigenvalue weighted by molar-refractivity contribution is 5.75. The quantitative estimate of drug-likeness (QED) is 0.715. The smallest absolute Gasteiger partial charge is 0.325 e. The van der Waals surface area contributed by atoms with Gasteiger partial charge < -0.3 is 15.2 Å². The minimum atomic E-state index is -0.699. The number of ether oxygens (including phenoxy) is 2. The number of aryl methyl sites for hydroxylation is 2. The fourth-order valence-electron chi connectivity index (χ4n) is 4.24. The summed E-state index contributed by atoms with van der Waals surface area (Å²) in [6.45, 7) is 2.87. The Hall–Kier alpha value is -2.17. The highest BCUT2D eigenvalue weighted by Crippen LogP contribution is 2.30. The van der Waals surface area contributed by atoms with Crippen molar-refractivity contribution in [2.75, 3.05) is 13.2 Å². The van der Waals surface area contributed by atoms with E-state index in [0.29, 0.717) is 12.5 Å². The Labute approximate surface area is 174 Å². The van der Waals surface area contributed by atoms with E-state index in [1.165, 1.54) is 11.1 Å². The number of cyclic esters (lactones) is 1. The zero-order chi connectivity index (χ0) is 20.5. The van der Waals surface area contributed by atoms with Crippen molar-refractivity contribution in [3.8, 4) is 0 Å². The second-order valence-electron chi connectivity index (χ2n) is 8.11. The van der Waals surface area contributed by atoms with Crippen molar-refractivity contribution >= 4 is 5.97 Å². The van der Waals surface area contributed by atoms with E-state index in [1.54, 1.807) is 0 Å². The van der Waals surface area contributed by atoms with Crippen LogP contribution in [0.4, 0.5) is 0 Å². The van der Waals surface area contributed by atoms with Crippen LogP contribution in [0.25, 0.3) is 0 Å². The van der Waals surface area contributed by atoms with Gasteiger partial charge in [0.2, 0.25) is 0 Å². The number of nitrogens with two attached hydrogens (primary N) is 1. The van der Waals surface area contributed by atoms with Crippen LogP contribution in [0.15, 0.2) is 60.7 Å². The van der Waals surface area contributed by atoms with Gasteiger partial charge >= 0.3 is 5.97 Å². The van der Waals surface area contributed by atoms with Crippen molar-refractivity contribution in [3.05, 3.63) is 71.8 Å². The van der Waals surface area contributed by atoms with Crippen LogP contribution < -0.4 is 5.73 Å². The average molecular weight is 396 g/mol. The Kier molecular flexibility index (Phi) is 8.26. The first-order valence-electron chi connectivity index (χ1n) is 10.7. The van der Waals surface area contributed by atoms with E-state index in [9.17, 15) is 4.79 Å². The molecular formula is C25H33NO3. The second-order valence-corrected chi connectivity index (χ2v) is 8.11. The van der Waals surface area contributed by atoms with Gasteiger partial charge in [0.05, 0.1) is 6.61 Å². The Balaban J connectivity index is 1.67. The van der Waals surface area contributed by atoms with Crippen LogP contribution >= 0.6 is 0 Å². The van der Waals surface area contributed by atoms with Crippen LogP contribution in [0.2, 0.25) is 0 Å². The molecule has 0 bridgehead atoms. The largest absolute Gasteiger partial charge is 0.461 e. The van der Waals surface area contributed by atoms with Gasteiger partial charge in [0.1, 0.15) is 12.1 Å². The number of hydrogen-bond donors (Lipinski definition) is 1. The summed E-state index contributed by atoms with van der Waals surface area (Å²) in [5.41, 5.74) is 8.58. The Morgan fingerprint density at radius 2 is 1.52 bits per heavy atom. The molecule has 3 rings (SSSR count). The molecule has 1 heterocycles. The van der Waals surface area contributed by atoms with Gasteiger partial charge in [0.15, 0.2) is 0 Å². The number of benzene rings is 2. The van der Waals surface area contributed by atoms with Crippen LogP contribution in [-0.2, 0) is 27.1 Å². The summed E-state index contributed by atoms with van der Waals surface area (Å²) in [6, 6.07) is 20.4. The predicted octanol–water partition coefficient (Wildman–Crippen LogP) is 4.16. The van der Waals surface area contributed by atoms with E-state index in [4.69, 9.17) is 15.2 Å². The molecule has 0 amide bonds. The van der Waals surface area contributed by atoms with Gasteiger partial charge in [-0.3, -0.25) is 4.79 Å². The molecule has 2 aromatic carbocycles. The van der Waals surface area contributed by atoms with Crippen molar-refractivity contribution in [2.24, 2.45) is 17.6 Å². The summed E-state index contributed by atoms with van der Waals surface area (Å²) in [7, 11) is 0. The number of esters is 1. The van der Waals surface area contributed by atoms with Crippen LogP contribution in [0.3, 0.4) is 0 Å². The van der Waals surface area contributed by atoms with Crippen molar-refractivity contribution in [3.63, 3.8) is 0 Å². The first-order chi connectivity index (χ1) is 14.1.